The molecule has 0 saturated carbocycles. The highest BCUT2D eigenvalue weighted by Gasteiger charge is 2.11. The van der Waals surface area contributed by atoms with Crippen molar-refractivity contribution in [3.8, 4) is 0 Å². The van der Waals surface area contributed by atoms with E-state index < -0.39 is 0 Å². The number of rotatable bonds is 6. The van der Waals surface area contributed by atoms with Gasteiger partial charge in [-0.25, -0.2) is 4.79 Å². The largest absolute Gasteiger partial charge is 0.463 e. The number of esters is 1. The molecule has 16 heavy (non-hydrogen) atoms. The monoisotopic (exact) mass is 223 g/mol. The smallest absolute Gasteiger partial charge is 0.334 e. The topological polar surface area (TPSA) is 38.3 Å². The summed E-state index contributed by atoms with van der Waals surface area (Å²) in [5.74, 6) is 0.401. The van der Waals surface area contributed by atoms with Gasteiger partial charge in [-0.3, -0.25) is 0 Å². The molecule has 0 spiro atoms. The van der Waals surface area contributed by atoms with Crippen molar-refractivity contribution in [3.63, 3.8) is 0 Å². The Bertz CT molecular complexity index is 271. The van der Waals surface area contributed by atoms with Crippen LogP contribution in [0.3, 0.4) is 0 Å². The van der Waals surface area contributed by atoms with E-state index in [0.717, 1.165) is 13.0 Å². The molecule has 0 aromatic heterocycles. The lowest BCUT2D eigenvalue weighted by molar-refractivity contribution is -0.138. The maximum absolute atomic E-state index is 11.3. The highest BCUT2D eigenvalue weighted by molar-refractivity contribution is 5.88. The number of carbonyl (C=O) groups is 1. The van der Waals surface area contributed by atoms with Gasteiger partial charge in [-0.1, -0.05) is 18.7 Å². The van der Waals surface area contributed by atoms with Crippen LogP contribution in [0, 0.1) is 5.92 Å². The Morgan fingerprint density at radius 2 is 2.38 bits per heavy atom. The van der Waals surface area contributed by atoms with Gasteiger partial charge < -0.3 is 10.1 Å². The molecule has 0 fully saturated rings. The summed E-state index contributed by atoms with van der Waals surface area (Å²) >= 11 is 0. The Kier molecular flexibility index (Phi) is 5.86. The lowest BCUT2D eigenvalue weighted by Crippen LogP contribution is -2.27. The molecule has 1 unspecified atom stereocenters. The zero-order valence-electron chi connectivity index (χ0n) is 10.00. The van der Waals surface area contributed by atoms with Crippen LogP contribution in [-0.4, -0.2) is 25.7 Å². The fraction of sp³-hybridized carbons (Fsp3) is 0.615. The van der Waals surface area contributed by atoms with Crippen LogP contribution < -0.4 is 5.32 Å². The van der Waals surface area contributed by atoms with Crippen LogP contribution >= 0.6 is 0 Å². The van der Waals surface area contributed by atoms with Gasteiger partial charge in [-0.15, -0.1) is 0 Å². The van der Waals surface area contributed by atoms with Gasteiger partial charge in [0.1, 0.15) is 0 Å². The maximum atomic E-state index is 11.3. The van der Waals surface area contributed by atoms with Crippen LogP contribution in [0.15, 0.2) is 24.3 Å². The average molecular weight is 223 g/mol. The van der Waals surface area contributed by atoms with E-state index in [4.69, 9.17) is 4.74 Å². The molecule has 1 aliphatic rings. The van der Waals surface area contributed by atoms with E-state index in [9.17, 15) is 4.79 Å². The second-order valence-corrected chi connectivity index (χ2v) is 4.11. The summed E-state index contributed by atoms with van der Waals surface area (Å²) in [6, 6.07) is 0. The van der Waals surface area contributed by atoms with E-state index in [1.54, 1.807) is 6.92 Å². The molecule has 0 aliphatic heterocycles. The van der Waals surface area contributed by atoms with Crippen molar-refractivity contribution >= 4 is 5.97 Å². The summed E-state index contributed by atoms with van der Waals surface area (Å²) in [6.45, 7) is 7.39. The zero-order valence-corrected chi connectivity index (χ0v) is 10.00. The Hall–Kier alpha value is -1.09. The predicted molar refractivity (Wildman–Crippen MR) is 65.1 cm³/mol. The van der Waals surface area contributed by atoms with Crippen molar-refractivity contribution in [2.24, 2.45) is 5.92 Å². The van der Waals surface area contributed by atoms with Crippen molar-refractivity contribution in [2.75, 3.05) is 19.7 Å². The molecule has 3 nitrogen and oxygen atoms in total. The lowest BCUT2D eigenvalue weighted by atomic mass is 9.94. The van der Waals surface area contributed by atoms with Crippen molar-refractivity contribution in [1.29, 1.82) is 0 Å². The minimum absolute atomic E-state index is 0.293. The Morgan fingerprint density at radius 1 is 1.56 bits per heavy atom. The van der Waals surface area contributed by atoms with E-state index in [-0.39, 0.29) is 5.97 Å². The number of hydrogen-bond donors (Lipinski definition) is 1. The third-order valence-corrected chi connectivity index (χ3v) is 2.71. The van der Waals surface area contributed by atoms with Gasteiger partial charge in [0.2, 0.25) is 0 Å². The normalized spacial score (nSPS) is 19.4. The molecule has 1 atom stereocenters. The third kappa shape index (κ3) is 4.62. The standard InChI is InChI=1S/C13H21NO2/c1-3-16-13(15)11(2)9-14-10-12-7-5-4-6-8-12/h4-5,12,14H,2-3,6-10H2,1H3. The van der Waals surface area contributed by atoms with Crippen LogP contribution in [0.1, 0.15) is 26.2 Å². The molecule has 0 heterocycles. The quantitative estimate of drug-likeness (QED) is 0.425. The van der Waals surface area contributed by atoms with E-state index in [0.29, 0.717) is 24.6 Å². The first-order valence-corrected chi connectivity index (χ1v) is 5.94. The SMILES string of the molecule is C=C(CNCC1CC=CCC1)C(=O)OCC. The number of hydrogen-bond acceptors (Lipinski definition) is 3. The summed E-state index contributed by atoms with van der Waals surface area (Å²) in [5.41, 5.74) is 0.508. The van der Waals surface area contributed by atoms with Gasteiger partial charge >= 0.3 is 5.97 Å². The van der Waals surface area contributed by atoms with Crippen LogP contribution in [0.25, 0.3) is 0 Å². The number of nitrogens with one attached hydrogen (secondary N) is 1. The number of carbonyl (C=O) groups excluding carboxylic acids is 1. The molecular weight excluding hydrogens is 202 g/mol. The van der Waals surface area contributed by atoms with E-state index >= 15 is 0 Å². The summed E-state index contributed by atoms with van der Waals surface area (Å²) in [4.78, 5) is 11.3. The first-order chi connectivity index (χ1) is 7.74. The van der Waals surface area contributed by atoms with Crippen molar-refractivity contribution in [2.45, 2.75) is 26.2 Å². The van der Waals surface area contributed by atoms with Crippen LogP contribution in [-0.2, 0) is 9.53 Å². The number of ether oxygens (including phenoxy) is 1. The molecule has 90 valence electrons. The van der Waals surface area contributed by atoms with Crippen molar-refractivity contribution in [3.05, 3.63) is 24.3 Å². The Morgan fingerprint density at radius 3 is 3.00 bits per heavy atom. The average Bonchev–Trinajstić information content (AvgIpc) is 2.30. The van der Waals surface area contributed by atoms with E-state index in [1.807, 2.05) is 0 Å². The van der Waals surface area contributed by atoms with Crippen molar-refractivity contribution in [1.82, 2.24) is 5.32 Å². The molecule has 1 rings (SSSR count). The van der Waals surface area contributed by atoms with Crippen LogP contribution in [0.5, 0.6) is 0 Å². The van der Waals surface area contributed by atoms with Crippen LogP contribution in [0.4, 0.5) is 0 Å². The van der Waals surface area contributed by atoms with Gasteiger partial charge in [0, 0.05) is 12.1 Å². The summed E-state index contributed by atoms with van der Waals surface area (Å²) in [7, 11) is 0. The lowest BCUT2D eigenvalue weighted by Gasteiger charge is -2.18. The molecule has 3 heteroatoms. The molecule has 0 saturated heterocycles. The van der Waals surface area contributed by atoms with Gasteiger partial charge in [-0.2, -0.15) is 0 Å². The first kappa shape index (κ1) is 13.0. The van der Waals surface area contributed by atoms with Gasteiger partial charge in [0.05, 0.1) is 6.61 Å². The third-order valence-electron chi connectivity index (χ3n) is 2.71. The maximum Gasteiger partial charge on any atom is 0.334 e. The summed E-state index contributed by atoms with van der Waals surface area (Å²) in [6.07, 6.45) is 8.00. The second-order valence-electron chi connectivity index (χ2n) is 4.11. The molecule has 0 bridgehead atoms. The van der Waals surface area contributed by atoms with E-state index in [1.165, 1.54) is 12.8 Å². The highest BCUT2D eigenvalue weighted by Crippen LogP contribution is 2.16. The minimum atomic E-state index is -0.293. The zero-order chi connectivity index (χ0) is 11.8. The molecule has 1 N–H and O–H groups in total. The molecule has 0 aromatic carbocycles. The minimum Gasteiger partial charge on any atom is -0.463 e. The molecule has 0 radical (unpaired) electrons. The second kappa shape index (κ2) is 7.23. The molecule has 1 aliphatic carbocycles. The van der Waals surface area contributed by atoms with Crippen LogP contribution in [0.2, 0.25) is 0 Å². The Labute approximate surface area is 97.6 Å². The Balaban J connectivity index is 2.12. The van der Waals surface area contributed by atoms with Gasteiger partial charge in [0.15, 0.2) is 0 Å². The summed E-state index contributed by atoms with van der Waals surface area (Å²) in [5, 5.41) is 3.26. The number of allylic oxidation sites excluding steroid dienone is 2. The fourth-order valence-corrected chi connectivity index (χ4v) is 1.77. The van der Waals surface area contributed by atoms with Crippen molar-refractivity contribution < 1.29 is 9.53 Å². The van der Waals surface area contributed by atoms with E-state index in [2.05, 4.69) is 24.0 Å². The van der Waals surface area contributed by atoms with Gasteiger partial charge in [-0.05, 0) is 38.6 Å². The highest BCUT2D eigenvalue weighted by atomic mass is 16.5. The summed E-state index contributed by atoms with van der Waals surface area (Å²) < 4.78 is 4.86. The fourth-order valence-electron chi connectivity index (χ4n) is 1.77. The molecule has 0 aromatic rings. The van der Waals surface area contributed by atoms with Gasteiger partial charge in [0.25, 0.3) is 0 Å². The predicted octanol–water partition coefficient (Wildman–Crippen LogP) is 2.05. The first-order valence-electron chi connectivity index (χ1n) is 5.94. The molecular formula is C13H21NO2. The molecule has 0 amide bonds.